The lowest BCUT2D eigenvalue weighted by molar-refractivity contribution is -0.123. The largest absolute Gasteiger partial charge is 0.394 e. The lowest BCUT2D eigenvalue weighted by Gasteiger charge is -2.22. The van der Waals surface area contributed by atoms with Crippen LogP contribution in [0.2, 0.25) is 0 Å². The zero-order chi connectivity index (χ0) is 44.9. The minimum absolute atomic E-state index is 0.0213. The first kappa shape index (κ1) is 61.4. The normalized spacial score (nSPS) is 12.6. The van der Waals surface area contributed by atoms with Crippen LogP contribution in [0.1, 0.15) is 348 Å². The molecule has 0 spiro atoms. The van der Waals surface area contributed by atoms with Crippen molar-refractivity contribution < 1.29 is 15.0 Å². The number of hydrogen-bond acceptors (Lipinski definition) is 3. The first-order chi connectivity index (χ1) is 30.7. The topological polar surface area (TPSA) is 69.6 Å². The van der Waals surface area contributed by atoms with E-state index < -0.39 is 12.1 Å². The van der Waals surface area contributed by atoms with E-state index in [1.165, 1.54) is 295 Å². The van der Waals surface area contributed by atoms with Crippen LogP contribution in [0.25, 0.3) is 0 Å². The molecule has 0 radical (unpaired) electrons. The van der Waals surface area contributed by atoms with Crippen LogP contribution in [-0.2, 0) is 4.79 Å². The van der Waals surface area contributed by atoms with Crippen molar-refractivity contribution in [1.29, 1.82) is 0 Å². The molecule has 0 bridgehead atoms. The number of aliphatic hydroxyl groups is 2. The van der Waals surface area contributed by atoms with Crippen molar-refractivity contribution in [1.82, 2.24) is 5.32 Å². The SMILES string of the molecule is CCCCCCCCCCCCCCCCCCCCCCCCCCCC(=O)NC(CO)C(O)CCCCCCCCCCCCCCCCCCCCCCCCCCC. The van der Waals surface area contributed by atoms with Crippen molar-refractivity contribution >= 4 is 5.91 Å². The molecule has 0 aliphatic carbocycles. The van der Waals surface area contributed by atoms with Crippen LogP contribution < -0.4 is 5.32 Å². The maximum absolute atomic E-state index is 12.5. The number of aliphatic hydroxyl groups excluding tert-OH is 2. The van der Waals surface area contributed by atoms with Crippen molar-refractivity contribution in [3.8, 4) is 0 Å². The molecule has 0 heterocycles. The number of unbranched alkanes of at least 4 members (excludes halogenated alkanes) is 48. The minimum atomic E-state index is -0.655. The molecule has 0 aromatic rings. The zero-order valence-electron chi connectivity index (χ0n) is 42.9. The van der Waals surface area contributed by atoms with Crippen LogP contribution in [0, 0.1) is 0 Å². The maximum atomic E-state index is 12.5. The summed E-state index contributed by atoms with van der Waals surface area (Å²) in [5.41, 5.74) is 0. The third-order valence-electron chi connectivity index (χ3n) is 14.1. The third-order valence-corrected chi connectivity index (χ3v) is 14.1. The van der Waals surface area contributed by atoms with Crippen molar-refractivity contribution in [2.75, 3.05) is 6.61 Å². The van der Waals surface area contributed by atoms with Crippen LogP contribution in [0.4, 0.5) is 0 Å². The van der Waals surface area contributed by atoms with Gasteiger partial charge in [0.2, 0.25) is 5.91 Å². The summed E-state index contributed by atoms with van der Waals surface area (Å²) in [4.78, 5) is 12.5. The molecule has 0 aliphatic rings. The summed E-state index contributed by atoms with van der Waals surface area (Å²) in [6.45, 7) is 4.41. The van der Waals surface area contributed by atoms with Gasteiger partial charge in [-0.3, -0.25) is 4.79 Å². The van der Waals surface area contributed by atoms with Gasteiger partial charge in [0.15, 0.2) is 0 Å². The molecule has 372 valence electrons. The Balaban J connectivity index is 3.39. The van der Waals surface area contributed by atoms with Gasteiger partial charge in [-0.15, -0.1) is 0 Å². The Labute approximate surface area is 391 Å². The number of carbonyl (C=O) groups is 1. The zero-order valence-corrected chi connectivity index (χ0v) is 42.9. The summed E-state index contributed by atoms with van der Waals surface area (Å²) < 4.78 is 0. The second-order valence-corrected chi connectivity index (χ2v) is 20.4. The van der Waals surface area contributed by atoms with Gasteiger partial charge in [-0.2, -0.15) is 0 Å². The first-order valence-corrected chi connectivity index (χ1v) is 29.2. The van der Waals surface area contributed by atoms with E-state index in [-0.39, 0.29) is 12.5 Å². The Morgan fingerprint density at radius 1 is 0.323 bits per heavy atom. The highest BCUT2D eigenvalue weighted by Crippen LogP contribution is 2.19. The van der Waals surface area contributed by atoms with E-state index in [0.717, 1.165) is 25.7 Å². The fourth-order valence-electron chi connectivity index (χ4n) is 9.66. The van der Waals surface area contributed by atoms with Gasteiger partial charge in [-0.05, 0) is 12.8 Å². The molecule has 4 nitrogen and oxygen atoms in total. The molecule has 1 amide bonds. The van der Waals surface area contributed by atoms with Crippen molar-refractivity contribution in [2.24, 2.45) is 0 Å². The van der Waals surface area contributed by atoms with Gasteiger partial charge in [-0.25, -0.2) is 0 Å². The Hall–Kier alpha value is -0.610. The van der Waals surface area contributed by atoms with E-state index in [4.69, 9.17) is 0 Å². The Kier molecular flexibility index (Phi) is 54.2. The molecular formula is C58H117NO3. The molecular weight excluding hydrogens is 759 g/mol. The van der Waals surface area contributed by atoms with E-state index in [0.29, 0.717) is 12.8 Å². The molecule has 4 heteroatoms. The molecule has 0 aromatic carbocycles. The highest BCUT2D eigenvalue weighted by Gasteiger charge is 2.20. The van der Waals surface area contributed by atoms with Gasteiger partial charge in [-0.1, -0.05) is 328 Å². The third kappa shape index (κ3) is 50.4. The average Bonchev–Trinajstić information content (AvgIpc) is 3.28. The summed E-state index contributed by atoms with van der Waals surface area (Å²) in [6, 6.07) is -0.531. The number of nitrogens with one attached hydrogen (secondary N) is 1. The quantitative estimate of drug-likeness (QED) is 0.0533. The van der Waals surface area contributed by atoms with Crippen molar-refractivity contribution in [3.05, 3.63) is 0 Å². The summed E-state index contributed by atoms with van der Waals surface area (Å²) in [5.74, 6) is -0.0213. The first-order valence-electron chi connectivity index (χ1n) is 29.2. The van der Waals surface area contributed by atoms with Crippen LogP contribution in [0.3, 0.4) is 0 Å². The molecule has 3 N–H and O–H groups in total. The van der Waals surface area contributed by atoms with Crippen LogP contribution >= 0.6 is 0 Å². The summed E-state index contributed by atoms with van der Waals surface area (Å²) >= 11 is 0. The Bertz CT molecular complexity index is 819. The second-order valence-electron chi connectivity index (χ2n) is 20.4. The molecule has 0 saturated carbocycles. The molecule has 0 rings (SSSR count). The second kappa shape index (κ2) is 54.7. The Morgan fingerprint density at radius 2 is 0.516 bits per heavy atom. The smallest absolute Gasteiger partial charge is 0.220 e. The summed E-state index contributed by atoms with van der Waals surface area (Å²) in [5, 5.41) is 23.4. The number of rotatable bonds is 55. The molecule has 2 unspecified atom stereocenters. The van der Waals surface area contributed by atoms with Crippen LogP contribution in [0.5, 0.6) is 0 Å². The summed E-state index contributed by atoms with van der Waals surface area (Å²) in [7, 11) is 0. The van der Waals surface area contributed by atoms with Crippen molar-refractivity contribution in [3.63, 3.8) is 0 Å². The lowest BCUT2D eigenvalue weighted by Crippen LogP contribution is -2.45. The average molecular weight is 877 g/mol. The van der Waals surface area contributed by atoms with Crippen LogP contribution in [0.15, 0.2) is 0 Å². The van der Waals surface area contributed by atoms with Crippen LogP contribution in [-0.4, -0.2) is 34.9 Å². The highest BCUT2D eigenvalue weighted by molar-refractivity contribution is 5.76. The van der Waals surface area contributed by atoms with Gasteiger partial charge in [0.1, 0.15) is 0 Å². The van der Waals surface area contributed by atoms with E-state index in [1.807, 2.05) is 0 Å². The lowest BCUT2D eigenvalue weighted by atomic mass is 10.0. The van der Waals surface area contributed by atoms with Gasteiger partial charge >= 0.3 is 0 Å². The van der Waals surface area contributed by atoms with E-state index in [9.17, 15) is 15.0 Å². The fourth-order valence-corrected chi connectivity index (χ4v) is 9.66. The predicted octanol–water partition coefficient (Wildman–Crippen LogP) is 19.1. The molecule has 0 aliphatic heterocycles. The van der Waals surface area contributed by atoms with Gasteiger partial charge in [0.05, 0.1) is 18.8 Å². The predicted molar refractivity (Wildman–Crippen MR) is 276 cm³/mol. The number of amides is 1. The summed E-state index contributed by atoms with van der Waals surface area (Å²) in [6.07, 6.45) is 69.6. The van der Waals surface area contributed by atoms with Gasteiger partial charge in [0.25, 0.3) is 0 Å². The van der Waals surface area contributed by atoms with E-state index >= 15 is 0 Å². The van der Waals surface area contributed by atoms with E-state index in [2.05, 4.69) is 19.2 Å². The van der Waals surface area contributed by atoms with E-state index in [1.54, 1.807) is 0 Å². The molecule has 2 atom stereocenters. The Morgan fingerprint density at radius 3 is 0.726 bits per heavy atom. The molecule has 0 aromatic heterocycles. The monoisotopic (exact) mass is 876 g/mol. The maximum Gasteiger partial charge on any atom is 0.220 e. The fraction of sp³-hybridized carbons (Fsp3) is 0.983. The van der Waals surface area contributed by atoms with Gasteiger partial charge < -0.3 is 15.5 Å². The van der Waals surface area contributed by atoms with Crippen molar-refractivity contribution in [2.45, 2.75) is 360 Å². The molecule has 62 heavy (non-hydrogen) atoms. The highest BCUT2D eigenvalue weighted by atomic mass is 16.3. The molecule has 0 saturated heterocycles. The number of carbonyl (C=O) groups excluding carboxylic acids is 1. The van der Waals surface area contributed by atoms with Gasteiger partial charge in [0, 0.05) is 6.42 Å². The minimum Gasteiger partial charge on any atom is -0.394 e. The molecule has 0 fully saturated rings. The number of hydrogen-bond donors (Lipinski definition) is 3. The standard InChI is InChI=1S/C58H117NO3/c1-3-5-7-9-11-13-15-17-19-21-23-25-27-29-31-33-35-37-39-41-43-45-47-49-51-53-57(61)56(55-60)59-58(62)54-52-50-48-46-44-42-40-38-36-34-32-30-28-26-24-22-20-18-16-14-12-10-8-6-4-2/h56-57,60-61H,3-55H2,1-2H3,(H,59,62).